The van der Waals surface area contributed by atoms with Gasteiger partial charge >= 0.3 is 6.18 Å². The number of benzene rings is 1. The fourth-order valence-corrected chi connectivity index (χ4v) is 6.26. The summed E-state index contributed by atoms with van der Waals surface area (Å²) in [5, 5.41) is 10.5. The Morgan fingerprint density at radius 3 is 2.48 bits per heavy atom. The van der Waals surface area contributed by atoms with Crippen molar-refractivity contribution in [2.24, 2.45) is 5.41 Å². The van der Waals surface area contributed by atoms with E-state index in [-0.39, 0.29) is 35.7 Å². The van der Waals surface area contributed by atoms with Crippen molar-refractivity contribution in [1.29, 1.82) is 0 Å². The van der Waals surface area contributed by atoms with E-state index < -0.39 is 38.6 Å². The maximum Gasteiger partial charge on any atom is 0.403 e. The molecule has 0 spiro atoms. The molecule has 0 radical (unpaired) electrons. The summed E-state index contributed by atoms with van der Waals surface area (Å²) >= 11 is 6.23. The minimum atomic E-state index is -4.65. The predicted molar refractivity (Wildman–Crippen MR) is 103 cm³/mol. The lowest BCUT2D eigenvalue weighted by Gasteiger charge is -2.28. The second-order valence-corrected chi connectivity index (χ2v) is 10.6. The van der Waals surface area contributed by atoms with Crippen LogP contribution in [0.4, 0.5) is 13.2 Å². The molecule has 2 aliphatic rings. The third-order valence-corrected chi connectivity index (χ3v) is 8.52. The summed E-state index contributed by atoms with van der Waals surface area (Å²) in [5.41, 5.74) is -1.97. The molecule has 1 saturated carbocycles. The molecule has 1 aromatic carbocycles. The number of hydrogen-bond donors (Lipinski definition) is 0. The molecule has 168 valence electrons. The van der Waals surface area contributed by atoms with Crippen molar-refractivity contribution in [3.05, 3.63) is 29.0 Å². The van der Waals surface area contributed by atoms with Crippen molar-refractivity contribution in [2.75, 3.05) is 6.54 Å². The number of nitrogens with zero attached hydrogens (tertiary/aromatic N) is 5. The highest BCUT2D eigenvalue weighted by molar-refractivity contribution is 7.92. The van der Waals surface area contributed by atoms with E-state index in [1.54, 1.807) is 13.8 Å². The number of halogens is 4. The summed E-state index contributed by atoms with van der Waals surface area (Å²) in [7, 11) is -4.00. The highest BCUT2D eigenvalue weighted by Gasteiger charge is 2.70. The molecule has 2 atom stereocenters. The van der Waals surface area contributed by atoms with Gasteiger partial charge in [-0.1, -0.05) is 11.6 Å². The number of hydrogen-bond acceptors (Lipinski definition) is 6. The zero-order chi connectivity index (χ0) is 22.8. The Bertz CT molecular complexity index is 1150. The van der Waals surface area contributed by atoms with Crippen LogP contribution in [0.3, 0.4) is 0 Å². The lowest BCUT2D eigenvalue weighted by atomic mass is 10.0. The van der Waals surface area contributed by atoms with E-state index in [4.69, 9.17) is 11.6 Å². The minimum absolute atomic E-state index is 0.0317. The summed E-state index contributed by atoms with van der Waals surface area (Å²) in [6.45, 7) is 2.90. The number of carbonyl (C=O) groups is 1. The van der Waals surface area contributed by atoms with Crippen LogP contribution >= 0.6 is 11.6 Å². The summed E-state index contributed by atoms with van der Waals surface area (Å²) in [6.07, 6.45) is -5.14. The number of tetrazole rings is 1. The van der Waals surface area contributed by atoms with Crippen molar-refractivity contribution < 1.29 is 26.4 Å². The molecule has 2 aromatic rings. The first-order valence-electron chi connectivity index (χ1n) is 9.55. The molecule has 2 fully saturated rings. The van der Waals surface area contributed by atoms with Gasteiger partial charge in [-0.2, -0.15) is 13.2 Å². The van der Waals surface area contributed by atoms with Crippen molar-refractivity contribution >= 4 is 27.3 Å². The molecule has 31 heavy (non-hydrogen) atoms. The average molecular weight is 478 g/mol. The normalized spacial score (nSPS) is 23.2. The third-order valence-electron chi connectivity index (χ3n) is 5.90. The van der Waals surface area contributed by atoms with Gasteiger partial charge in [0.05, 0.1) is 20.9 Å². The Morgan fingerprint density at radius 2 is 1.97 bits per heavy atom. The van der Waals surface area contributed by atoms with Crippen LogP contribution < -0.4 is 0 Å². The number of carbonyl (C=O) groups excluding carboxylic acids is 1. The lowest BCUT2D eigenvalue weighted by Crippen LogP contribution is -2.46. The number of amides is 1. The molecule has 1 aromatic heterocycles. The van der Waals surface area contributed by atoms with E-state index >= 15 is 0 Å². The summed E-state index contributed by atoms with van der Waals surface area (Å²) in [5.74, 6) is -0.621. The summed E-state index contributed by atoms with van der Waals surface area (Å²) in [6, 6.07) is 3.51. The molecule has 0 N–H and O–H groups in total. The van der Waals surface area contributed by atoms with Crippen LogP contribution in [0.2, 0.25) is 5.02 Å². The maximum absolute atomic E-state index is 13.4. The fraction of sp³-hybridized carbons (Fsp3) is 0.556. The van der Waals surface area contributed by atoms with Gasteiger partial charge in [-0.25, -0.2) is 8.42 Å². The van der Waals surface area contributed by atoms with Gasteiger partial charge in [0.25, 0.3) is 0 Å². The van der Waals surface area contributed by atoms with Crippen molar-refractivity contribution in [1.82, 2.24) is 25.1 Å². The smallest absolute Gasteiger partial charge is 0.338 e. The van der Waals surface area contributed by atoms with Gasteiger partial charge in [0, 0.05) is 12.6 Å². The highest BCUT2D eigenvalue weighted by atomic mass is 35.5. The Labute approximate surface area is 181 Å². The van der Waals surface area contributed by atoms with E-state index in [1.807, 2.05) is 0 Å². The van der Waals surface area contributed by atoms with Gasteiger partial charge in [-0.05, 0) is 56.5 Å². The van der Waals surface area contributed by atoms with Crippen LogP contribution in [0, 0.1) is 12.3 Å². The molecule has 8 nitrogen and oxygen atoms in total. The standard InChI is InChI=1S/C18H19ClF3N5O3S/c1-10-7-13(9-26(10)16(28)17(5-6-17)18(20,21)22)31(29,30)15-4-3-12(8-14(15)19)27-24-11(2)23-25-27/h3-4,8,10,13H,5-7,9H2,1-2H3/t10-,13?/m1/s1. The largest absolute Gasteiger partial charge is 0.403 e. The van der Waals surface area contributed by atoms with Gasteiger partial charge < -0.3 is 4.90 Å². The highest BCUT2D eigenvalue weighted by Crippen LogP contribution is 2.59. The van der Waals surface area contributed by atoms with Crippen LogP contribution in [0.15, 0.2) is 23.1 Å². The van der Waals surface area contributed by atoms with E-state index in [0.717, 1.165) is 4.90 Å². The first kappa shape index (κ1) is 22.0. The van der Waals surface area contributed by atoms with Crippen molar-refractivity contribution in [2.45, 2.75) is 55.5 Å². The summed E-state index contributed by atoms with van der Waals surface area (Å²) in [4.78, 5) is 14.7. The Kier molecular flexibility index (Phi) is 5.08. The monoisotopic (exact) mass is 477 g/mol. The Balaban J connectivity index is 1.58. The summed E-state index contributed by atoms with van der Waals surface area (Å²) < 4.78 is 66.4. The quantitative estimate of drug-likeness (QED) is 0.671. The number of aromatic nitrogens is 4. The molecule has 1 aliphatic carbocycles. The topological polar surface area (TPSA) is 98.0 Å². The first-order valence-corrected chi connectivity index (χ1v) is 11.5. The van der Waals surface area contributed by atoms with Crippen LogP contribution in [0.1, 0.15) is 32.0 Å². The second kappa shape index (κ2) is 7.16. The van der Waals surface area contributed by atoms with Crippen LogP contribution in [-0.2, 0) is 14.6 Å². The molecular formula is C18H19ClF3N5O3S. The van der Waals surface area contributed by atoms with Crippen LogP contribution in [0.5, 0.6) is 0 Å². The molecule has 4 rings (SSSR count). The van der Waals surface area contributed by atoms with E-state index in [0.29, 0.717) is 11.5 Å². The zero-order valence-corrected chi connectivity index (χ0v) is 18.2. The minimum Gasteiger partial charge on any atom is -0.338 e. The van der Waals surface area contributed by atoms with Gasteiger partial charge in [0.1, 0.15) is 5.41 Å². The molecule has 13 heteroatoms. The van der Waals surface area contributed by atoms with E-state index in [1.165, 1.54) is 23.0 Å². The number of rotatable bonds is 4. The molecule has 0 bridgehead atoms. The van der Waals surface area contributed by atoms with E-state index in [2.05, 4.69) is 15.4 Å². The van der Waals surface area contributed by atoms with Gasteiger partial charge in [0.15, 0.2) is 15.7 Å². The number of sulfone groups is 1. The predicted octanol–water partition coefficient (Wildman–Crippen LogP) is 2.73. The Hall–Kier alpha value is -2.21. The molecule has 1 amide bonds. The first-order chi connectivity index (χ1) is 14.4. The average Bonchev–Trinajstić information content (AvgIpc) is 3.26. The van der Waals surface area contributed by atoms with Gasteiger partial charge in [-0.15, -0.1) is 15.0 Å². The molecule has 1 aliphatic heterocycles. The number of alkyl halides is 3. The van der Waals surface area contributed by atoms with Crippen molar-refractivity contribution in [3.8, 4) is 5.69 Å². The van der Waals surface area contributed by atoms with Crippen LogP contribution in [0.25, 0.3) is 5.69 Å². The SMILES string of the molecule is Cc1nnn(-c2ccc(S(=O)(=O)C3C[C@@H](C)N(C(=O)C4(C(F)(F)F)CC4)C3)c(Cl)c2)n1. The van der Waals surface area contributed by atoms with Gasteiger partial charge in [-0.3, -0.25) is 4.79 Å². The third kappa shape index (κ3) is 3.59. The molecule has 1 unspecified atom stereocenters. The second-order valence-electron chi connectivity index (χ2n) is 8.03. The molecule has 1 saturated heterocycles. The lowest BCUT2D eigenvalue weighted by molar-refractivity contribution is -0.198. The van der Waals surface area contributed by atoms with Gasteiger partial charge in [0.2, 0.25) is 5.91 Å². The fourth-order valence-electron chi connectivity index (χ4n) is 3.93. The maximum atomic E-state index is 13.4. The number of likely N-dealkylation sites (tertiary alicyclic amines) is 1. The van der Waals surface area contributed by atoms with E-state index in [9.17, 15) is 26.4 Å². The van der Waals surface area contributed by atoms with Crippen molar-refractivity contribution in [3.63, 3.8) is 0 Å². The molecular weight excluding hydrogens is 459 g/mol. The number of aryl methyl sites for hydroxylation is 1. The molecule has 2 heterocycles. The Morgan fingerprint density at radius 1 is 1.29 bits per heavy atom. The zero-order valence-electron chi connectivity index (χ0n) is 16.6. The van der Waals surface area contributed by atoms with Crippen LogP contribution in [-0.4, -0.2) is 63.4 Å².